The largest absolute Gasteiger partial charge is 0.467 e. The minimum absolute atomic E-state index is 0.0226. The predicted molar refractivity (Wildman–Crippen MR) is 138 cm³/mol. The summed E-state index contributed by atoms with van der Waals surface area (Å²) in [6.45, 7) is -0.529. The first-order valence-corrected chi connectivity index (χ1v) is 15.1. The number of hydrogen-bond donors (Lipinski definition) is 3. The van der Waals surface area contributed by atoms with E-state index in [-0.39, 0.29) is 31.9 Å². The number of hydrogen-bond acceptors (Lipinski definition) is 10. The van der Waals surface area contributed by atoms with Gasteiger partial charge in [0.2, 0.25) is 0 Å². The Morgan fingerprint density at radius 1 is 0.838 bits per heavy atom. The predicted octanol–water partition coefficient (Wildman–Crippen LogP) is 3.48. The van der Waals surface area contributed by atoms with Crippen LogP contribution in [0.1, 0.15) is 16.1 Å². The molecular weight excluding hydrogens is 563 g/mol. The molecule has 0 saturated heterocycles. The monoisotopic (exact) mass is 581 g/mol. The van der Waals surface area contributed by atoms with Crippen molar-refractivity contribution in [2.75, 3.05) is 16.1 Å². The summed E-state index contributed by atoms with van der Waals surface area (Å²) in [5.41, 5.74) is -0.364. The van der Waals surface area contributed by atoms with Gasteiger partial charge in [-0.3, -0.25) is 14.2 Å². The normalized spacial score (nSPS) is 11.6. The number of benzene rings is 1. The highest BCUT2D eigenvalue weighted by molar-refractivity contribution is 7.95. The van der Waals surface area contributed by atoms with Gasteiger partial charge in [-0.1, -0.05) is 12.1 Å². The van der Waals surface area contributed by atoms with Gasteiger partial charge < -0.3 is 14.5 Å². The number of carbonyl (C=O) groups is 2. The lowest BCUT2D eigenvalue weighted by molar-refractivity contribution is -0.124. The molecule has 0 saturated carbocycles. The van der Waals surface area contributed by atoms with Gasteiger partial charge in [-0.25, -0.2) is 21.6 Å². The van der Waals surface area contributed by atoms with Crippen molar-refractivity contribution >= 4 is 66.0 Å². The SMILES string of the molecule is O=C(COC(=O)c1cc(NS(=O)(=O)c2cccs2)cc(NS(=O)(=O)c2cccs2)c1)NCc1ccco1. The Kier molecular flexibility index (Phi) is 7.97. The van der Waals surface area contributed by atoms with Crippen molar-refractivity contribution in [3.8, 4) is 0 Å². The Morgan fingerprint density at radius 2 is 1.43 bits per heavy atom. The first kappa shape index (κ1) is 26.4. The van der Waals surface area contributed by atoms with Crippen LogP contribution in [0.25, 0.3) is 0 Å². The third-order valence-electron chi connectivity index (χ3n) is 4.57. The number of rotatable bonds is 11. The molecule has 4 aromatic rings. The Hall–Kier alpha value is -3.66. The van der Waals surface area contributed by atoms with Gasteiger partial charge in [0.15, 0.2) is 6.61 Å². The standard InChI is InChI=1S/C22H19N3O8S4/c26-19(23-13-18-4-1-7-32-18)14-33-22(27)15-10-16(24-36(28,29)20-5-2-8-34-20)12-17(11-15)25-37(30,31)21-6-3-9-35-21/h1-12,24-25H,13-14H2,(H,23,26). The minimum Gasteiger partial charge on any atom is -0.467 e. The third kappa shape index (κ3) is 6.97. The maximum Gasteiger partial charge on any atom is 0.338 e. The molecule has 0 spiro atoms. The topological polar surface area (TPSA) is 161 Å². The van der Waals surface area contributed by atoms with Crippen LogP contribution in [0, 0.1) is 0 Å². The van der Waals surface area contributed by atoms with E-state index < -0.39 is 38.5 Å². The second kappa shape index (κ2) is 11.2. The van der Waals surface area contributed by atoms with Crippen molar-refractivity contribution in [3.05, 3.63) is 82.9 Å². The number of esters is 1. The lowest BCUT2D eigenvalue weighted by atomic mass is 10.2. The Balaban J connectivity index is 1.54. The molecule has 4 rings (SSSR count). The molecule has 0 atom stereocenters. The zero-order chi connectivity index (χ0) is 26.5. The number of sulfonamides is 2. The second-order valence-electron chi connectivity index (χ2n) is 7.31. The van der Waals surface area contributed by atoms with E-state index in [1.54, 1.807) is 35.0 Å². The van der Waals surface area contributed by atoms with Gasteiger partial charge in [0.05, 0.1) is 29.7 Å². The van der Waals surface area contributed by atoms with Gasteiger partial charge in [0.25, 0.3) is 26.0 Å². The molecule has 1 aromatic carbocycles. The molecule has 0 fully saturated rings. The number of anilines is 2. The van der Waals surface area contributed by atoms with Gasteiger partial charge >= 0.3 is 5.97 Å². The molecule has 3 heterocycles. The number of amides is 1. The third-order valence-corrected chi connectivity index (χ3v) is 10.1. The lowest BCUT2D eigenvalue weighted by Gasteiger charge is -2.13. The molecule has 194 valence electrons. The van der Waals surface area contributed by atoms with Crippen LogP contribution in [0.2, 0.25) is 0 Å². The van der Waals surface area contributed by atoms with E-state index in [1.807, 2.05) is 0 Å². The number of nitrogens with one attached hydrogen (secondary N) is 3. The fourth-order valence-corrected chi connectivity index (χ4v) is 7.04. The van der Waals surface area contributed by atoms with Crippen LogP contribution in [0.5, 0.6) is 0 Å². The highest BCUT2D eigenvalue weighted by atomic mass is 32.3. The molecule has 37 heavy (non-hydrogen) atoms. The zero-order valence-corrected chi connectivity index (χ0v) is 22.0. The van der Waals surface area contributed by atoms with E-state index in [4.69, 9.17) is 9.15 Å². The second-order valence-corrected chi connectivity index (χ2v) is 13.0. The Morgan fingerprint density at radius 3 is 1.92 bits per heavy atom. The van der Waals surface area contributed by atoms with Crippen LogP contribution in [-0.2, 0) is 36.1 Å². The van der Waals surface area contributed by atoms with E-state index in [2.05, 4.69) is 14.8 Å². The van der Waals surface area contributed by atoms with E-state index in [0.29, 0.717) is 5.76 Å². The average molecular weight is 582 g/mol. The first-order valence-electron chi connectivity index (χ1n) is 10.4. The molecule has 1 amide bonds. The van der Waals surface area contributed by atoms with Crippen molar-refractivity contribution < 1.29 is 35.6 Å². The summed E-state index contributed by atoms with van der Waals surface area (Å²) in [5, 5.41) is 5.68. The maximum atomic E-state index is 12.7. The molecular formula is C22H19N3O8S4. The smallest absolute Gasteiger partial charge is 0.338 e. The van der Waals surface area contributed by atoms with Gasteiger partial charge in [0, 0.05) is 0 Å². The quantitative estimate of drug-likeness (QED) is 0.227. The van der Waals surface area contributed by atoms with Gasteiger partial charge in [-0.15, -0.1) is 22.7 Å². The number of ether oxygens (including phenoxy) is 1. The summed E-state index contributed by atoms with van der Waals surface area (Å²) in [6.07, 6.45) is 1.45. The van der Waals surface area contributed by atoms with Crippen molar-refractivity contribution in [2.45, 2.75) is 15.0 Å². The maximum absolute atomic E-state index is 12.7. The van der Waals surface area contributed by atoms with E-state index >= 15 is 0 Å². The molecule has 11 nitrogen and oxygen atoms in total. The molecule has 0 radical (unpaired) electrons. The lowest BCUT2D eigenvalue weighted by Crippen LogP contribution is -2.28. The highest BCUT2D eigenvalue weighted by Crippen LogP contribution is 2.27. The van der Waals surface area contributed by atoms with Gasteiger partial charge in [0.1, 0.15) is 14.2 Å². The summed E-state index contributed by atoms with van der Waals surface area (Å²) in [6, 6.07) is 12.8. The van der Waals surface area contributed by atoms with Crippen molar-refractivity contribution in [2.24, 2.45) is 0 Å². The van der Waals surface area contributed by atoms with E-state index in [0.717, 1.165) is 22.7 Å². The summed E-state index contributed by atoms with van der Waals surface area (Å²) < 4.78 is 65.6. The fourth-order valence-electron chi connectivity index (χ4n) is 2.97. The molecule has 0 aliphatic heterocycles. The summed E-state index contributed by atoms with van der Waals surface area (Å²) in [7, 11) is -8.01. The molecule has 0 unspecified atom stereocenters. The number of thiophene rings is 2. The average Bonchev–Trinajstić information content (AvgIpc) is 3.64. The highest BCUT2D eigenvalue weighted by Gasteiger charge is 2.21. The van der Waals surface area contributed by atoms with Crippen LogP contribution >= 0.6 is 22.7 Å². The van der Waals surface area contributed by atoms with Gasteiger partial charge in [-0.05, 0) is 53.2 Å². The van der Waals surface area contributed by atoms with Crippen molar-refractivity contribution in [1.29, 1.82) is 0 Å². The van der Waals surface area contributed by atoms with Crippen LogP contribution in [-0.4, -0.2) is 35.3 Å². The van der Waals surface area contributed by atoms with Crippen LogP contribution in [0.3, 0.4) is 0 Å². The van der Waals surface area contributed by atoms with Crippen LogP contribution in [0.15, 0.2) is 84.5 Å². The van der Waals surface area contributed by atoms with Crippen LogP contribution < -0.4 is 14.8 Å². The molecule has 0 aliphatic carbocycles. The van der Waals surface area contributed by atoms with Crippen LogP contribution in [0.4, 0.5) is 11.4 Å². The molecule has 3 N–H and O–H groups in total. The Labute approximate surface area is 220 Å². The van der Waals surface area contributed by atoms with E-state index in [1.165, 1.54) is 36.6 Å². The summed E-state index contributed by atoms with van der Waals surface area (Å²) in [5.74, 6) is -1.06. The Bertz CT molecular complexity index is 1490. The minimum atomic E-state index is -4.00. The first-order chi connectivity index (χ1) is 17.6. The zero-order valence-electron chi connectivity index (χ0n) is 18.7. The molecule has 3 aromatic heterocycles. The summed E-state index contributed by atoms with van der Waals surface area (Å²) in [4.78, 5) is 24.7. The fraction of sp³-hybridized carbons (Fsp3) is 0.0909. The van der Waals surface area contributed by atoms with Crippen molar-refractivity contribution in [3.63, 3.8) is 0 Å². The molecule has 0 aliphatic rings. The van der Waals surface area contributed by atoms with E-state index in [9.17, 15) is 26.4 Å². The van der Waals surface area contributed by atoms with Gasteiger partial charge in [-0.2, -0.15) is 0 Å². The molecule has 0 bridgehead atoms. The summed E-state index contributed by atoms with van der Waals surface area (Å²) >= 11 is 1.97. The number of carbonyl (C=O) groups excluding carboxylic acids is 2. The number of furan rings is 1. The van der Waals surface area contributed by atoms with Crippen molar-refractivity contribution in [1.82, 2.24) is 5.32 Å². The molecule has 15 heteroatoms.